The van der Waals surface area contributed by atoms with Gasteiger partial charge in [0.25, 0.3) is 0 Å². The highest BCUT2D eigenvalue weighted by Crippen LogP contribution is 2.29. The van der Waals surface area contributed by atoms with Gasteiger partial charge in [0.1, 0.15) is 5.84 Å². The van der Waals surface area contributed by atoms with Crippen LogP contribution in [0.1, 0.15) is 5.56 Å². The van der Waals surface area contributed by atoms with Crippen LogP contribution in [0.4, 0.5) is 0 Å². The van der Waals surface area contributed by atoms with Gasteiger partial charge in [-0.25, -0.2) is 0 Å². The zero-order valence-electron chi connectivity index (χ0n) is 10.3. The van der Waals surface area contributed by atoms with Gasteiger partial charge in [-0.15, -0.1) is 0 Å². The molecule has 20 heavy (non-hydrogen) atoms. The lowest BCUT2D eigenvalue weighted by molar-refractivity contribution is 0.596. The van der Waals surface area contributed by atoms with Gasteiger partial charge in [-0.2, -0.15) is 4.98 Å². The van der Waals surface area contributed by atoms with Crippen LogP contribution in [0.25, 0.3) is 0 Å². The molecule has 0 aliphatic rings. The Morgan fingerprint density at radius 1 is 1.50 bits per heavy atom. The first-order valence-corrected chi connectivity index (χ1v) is 6.98. The second-order valence-corrected chi connectivity index (χ2v) is 5.78. The highest BCUT2D eigenvalue weighted by Gasteiger charge is 2.11. The molecule has 1 aromatic heterocycles. The van der Waals surface area contributed by atoms with E-state index in [2.05, 4.69) is 26.0 Å². The third-order valence-corrected chi connectivity index (χ3v) is 4.00. The Morgan fingerprint density at radius 2 is 2.20 bits per heavy atom. The number of nitrogens with zero attached hydrogens (tertiary/aromatic N) is 2. The summed E-state index contributed by atoms with van der Waals surface area (Å²) in [6, 6.07) is 5.25. The Morgan fingerprint density at radius 3 is 2.85 bits per heavy atom. The number of nitrogens with two attached hydrogens (primary N) is 1. The Balaban J connectivity index is 2.50. The van der Waals surface area contributed by atoms with Crippen molar-refractivity contribution in [1.82, 2.24) is 14.8 Å². The Bertz CT molecular complexity index is 798. The fourth-order valence-electron chi connectivity index (χ4n) is 1.45. The van der Waals surface area contributed by atoms with Gasteiger partial charge in [-0.1, -0.05) is 15.9 Å². The number of hydrogen-bond acceptors (Lipinski definition) is 5. The largest absolute Gasteiger partial charge is 0.384 e. The van der Waals surface area contributed by atoms with E-state index in [1.807, 2.05) is 0 Å². The van der Waals surface area contributed by atoms with E-state index in [0.29, 0.717) is 15.6 Å². The number of benzene rings is 1. The van der Waals surface area contributed by atoms with E-state index in [9.17, 15) is 9.59 Å². The second-order valence-electron chi connectivity index (χ2n) is 3.86. The van der Waals surface area contributed by atoms with Crippen molar-refractivity contribution in [2.45, 2.75) is 10.1 Å². The molecule has 0 aliphatic heterocycles. The molecular weight excluding hydrogens is 346 g/mol. The first-order valence-electron chi connectivity index (χ1n) is 5.37. The zero-order chi connectivity index (χ0) is 14.9. The molecule has 0 atom stereocenters. The third kappa shape index (κ3) is 2.99. The minimum Gasteiger partial charge on any atom is -0.384 e. The summed E-state index contributed by atoms with van der Waals surface area (Å²) in [4.78, 5) is 26.8. The van der Waals surface area contributed by atoms with E-state index < -0.39 is 11.1 Å². The maximum Gasteiger partial charge on any atom is 0.339 e. The van der Waals surface area contributed by atoms with Crippen molar-refractivity contribution in [3.8, 4) is 0 Å². The molecule has 4 N–H and O–H groups in total. The summed E-state index contributed by atoms with van der Waals surface area (Å²) < 4.78 is 2.13. The third-order valence-electron chi connectivity index (χ3n) is 2.38. The molecule has 0 spiro atoms. The fourth-order valence-corrected chi connectivity index (χ4v) is 2.74. The Labute approximate surface area is 125 Å². The molecule has 1 aromatic carbocycles. The number of H-pyrrole nitrogens is 1. The monoisotopic (exact) mass is 355 g/mol. The molecule has 0 saturated heterocycles. The number of halogens is 1. The number of aromatic amines is 1. The molecule has 1 heterocycles. The van der Waals surface area contributed by atoms with Crippen molar-refractivity contribution >= 4 is 33.5 Å². The van der Waals surface area contributed by atoms with Gasteiger partial charge in [0.15, 0.2) is 5.16 Å². The summed E-state index contributed by atoms with van der Waals surface area (Å²) >= 11 is 4.45. The van der Waals surface area contributed by atoms with Gasteiger partial charge in [-0.3, -0.25) is 24.8 Å². The average molecular weight is 356 g/mol. The molecule has 2 rings (SSSR count). The van der Waals surface area contributed by atoms with E-state index in [0.717, 1.165) is 16.2 Å². The molecule has 7 nitrogen and oxygen atoms in total. The molecule has 9 heteroatoms. The minimum atomic E-state index is -0.855. The smallest absolute Gasteiger partial charge is 0.339 e. The van der Waals surface area contributed by atoms with Gasteiger partial charge >= 0.3 is 11.1 Å². The summed E-state index contributed by atoms with van der Waals surface area (Å²) in [6.45, 7) is 0. The predicted octanol–water partition coefficient (Wildman–Crippen LogP) is 0.666. The predicted molar refractivity (Wildman–Crippen MR) is 79.4 cm³/mol. The molecule has 2 aromatic rings. The number of aromatic nitrogens is 3. The van der Waals surface area contributed by atoms with Crippen LogP contribution < -0.4 is 16.9 Å². The van der Waals surface area contributed by atoms with Crippen molar-refractivity contribution in [3.63, 3.8) is 0 Å². The van der Waals surface area contributed by atoms with E-state index in [1.165, 1.54) is 4.68 Å². The van der Waals surface area contributed by atoms with Crippen molar-refractivity contribution in [1.29, 1.82) is 5.41 Å². The average Bonchev–Trinajstić information content (AvgIpc) is 2.37. The van der Waals surface area contributed by atoms with Gasteiger partial charge < -0.3 is 5.73 Å². The number of nitrogen functional groups attached to an aromatic ring is 1. The maximum atomic E-state index is 11.3. The van der Waals surface area contributed by atoms with Crippen LogP contribution in [0.2, 0.25) is 0 Å². The van der Waals surface area contributed by atoms with Crippen LogP contribution in [0.5, 0.6) is 0 Å². The zero-order valence-corrected chi connectivity index (χ0v) is 12.7. The summed E-state index contributed by atoms with van der Waals surface area (Å²) in [7, 11) is 1.57. The van der Waals surface area contributed by atoms with Crippen LogP contribution in [-0.2, 0) is 7.05 Å². The SMILES string of the molecule is Cn1[nH]c(=O)c(=O)nc1Sc1ccc(Br)cc1C(=N)N. The summed E-state index contributed by atoms with van der Waals surface area (Å²) in [5.74, 6) is -0.0942. The normalized spacial score (nSPS) is 10.5. The molecule has 104 valence electrons. The second kappa shape index (κ2) is 5.63. The van der Waals surface area contributed by atoms with Crippen LogP contribution in [-0.4, -0.2) is 20.6 Å². The number of rotatable bonds is 3. The van der Waals surface area contributed by atoms with Crippen molar-refractivity contribution in [2.24, 2.45) is 12.8 Å². The van der Waals surface area contributed by atoms with Crippen LogP contribution in [0.15, 0.2) is 42.3 Å². The highest BCUT2D eigenvalue weighted by atomic mass is 79.9. The van der Waals surface area contributed by atoms with E-state index >= 15 is 0 Å². The maximum absolute atomic E-state index is 11.3. The lowest BCUT2D eigenvalue weighted by Crippen LogP contribution is -2.33. The molecular formula is C11H10BrN5O2S. The highest BCUT2D eigenvalue weighted by molar-refractivity contribution is 9.10. The van der Waals surface area contributed by atoms with E-state index in [1.54, 1.807) is 25.2 Å². The quantitative estimate of drug-likeness (QED) is 0.424. The molecule has 0 unspecified atom stereocenters. The van der Waals surface area contributed by atoms with E-state index in [4.69, 9.17) is 11.1 Å². The summed E-state index contributed by atoms with van der Waals surface area (Å²) in [6.07, 6.45) is 0. The van der Waals surface area contributed by atoms with Crippen LogP contribution in [0, 0.1) is 5.41 Å². The van der Waals surface area contributed by atoms with E-state index in [-0.39, 0.29) is 5.84 Å². The minimum absolute atomic E-state index is 0.0942. The molecule has 0 amide bonds. The number of hydrogen-bond donors (Lipinski definition) is 3. The number of aryl methyl sites for hydroxylation is 1. The van der Waals surface area contributed by atoms with Crippen LogP contribution >= 0.6 is 27.7 Å². The van der Waals surface area contributed by atoms with Crippen molar-refractivity contribution in [3.05, 3.63) is 48.9 Å². The standard InChI is InChI=1S/C11H10BrN5O2S/c1-17-11(15-9(18)10(19)16-17)20-7-3-2-5(12)4-6(7)8(13)14/h2-4H,1H3,(H3,13,14)(H,16,19). The first-order chi connectivity index (χ1) is 9.38. The van der Waals surface area contributed by atoms with Crippen LogP contribution in [0.3, 0.4) is 0 Å². The van der Waals surface area contributed by atoms with Crippen molar-refractivity contribution in [2.75, 3.05) is 0 Å². The Kier molecular flexibility index (Phi) is 4.09. The molecule has 0 bridgehead atoms. The summed E-state index contributed by atoms with van der Waals surface area (Å²) in [5, 5.41) is 10.2. The lowest BCUT2D eigenvalue weighted by Gasteiger charge is -2.10. The van der Waals surface area contributed by atoms with Gasteiger partial charge in [0.05, 0.1) is 0 Å². The fraction of sp³-hybridized carbons (Fsp3) is 0.0909. The first kappa shape index (κ1) is 14.5. The van der Waals surface area contributed by atoms with Crippen molar-refractivity contribution < 1.29 is 0 Å². The van der Waals surface area contributed by atoms with Gasteiger partial charge in [0, 0.05) is 22.0 Å². The number of nitrogens with one attached hydrogen (secondary N) is 2. The molecule has 0 saturated carbocycles. The molecule has 0 radical (unpaired) electrons. The number of amidine groups is 1. The van der Waals surface area contributed by atoms with Gasteiger partial charge in [-0.05, 0) is 30.0 Å². The van der Waals surface area contributed by atoms with Gasteiger partial charge in [0.2, 0.25) is 0 Å². The topological polar surface area (TPSA) is 118 Å². The molecule has 0 fully saturated rings. The Hall–Kier alpha value is -1.87. The molecule has 0 aliphatic carbocycles. The lowest BCUT2D eigenvalue weighted by atomic mass is 10.2. The summed E-state index contributed by atoms with van der Waals surface area (Å²) in [5.41, 5.74) is 4.42.